The van der Waals surface area contributed by atoms with Crippen molar-refractivity contribution in [2.24, 2.45) is 0 Å². The smallest absolute Gasteiger partial charge is 0.252 e. The van der Waals surface area contributed by atoms with Gasteiger partial charge in [0.1, 0.15) is 0 Å². The van der Waals surface area contributed by atoms with Crippen molar-refractivity contribution in [1.29, 1.82) is 0 Å². The molecule has 0 aliphatic rings. The van der Waals surface area contributed by atoms with Gasteiger partial charge in [-0.1, -0.05) is 42.5 Å². The minimum absolute atomic E-state index is 0.118. The number of nitrogens with zero attached hydrogens (tertiary/aromatic N) is 1. The maximum absolute atomic E-state index is 13.0. The summed E-state index contributed by atoms with van der Waals surface area (Å²) in [5.41, 5.74) is 2.62. The Morgan fingerprint density at radius 3 is 2.33 bits per heavy atom. The van der Waals surface area contributed by atoms with Crippen molar-refractivity contribution in [2.75, 3.05) is 6.26 Å². The number of carbonyl (C=O) groups excluding carboxylic acids is 1. The van der Waals surface area contributed by atoms with E-state index in [1.165, 1.54) is 12.1 Å². The first-order valence-corrected chi connectivity index (χ1v) is 10.3. The predicted octanol–water partition coefficient (Wildman–Crippen LogP) is 3.31. The van der Waals surface area contributed by atoms with E-state index in [2.05, 4.69) is 10.3 Å². The highest BCUT2D eigenvalue weighted by atomic mass is 32.2. The van der Waals surface area contributed by atoms with Gasteiger partial charge in [0.2, 0.25) is 0 Å². The lowest BCUT2D eigenvalue weighted by Gasteiger charge is -2.19. The highest BCUT2D eigenvalue weighted by Gasteiger charge is 2.21. The van der Waals surface area contributed by atoms with Gasteiger partial charge in [0.05, 0.1) is 16.6 Å². The molecule has 0 aliphatic carbocycles. The van der Waals surface area contributed by atoms with E-state index in [1.807, 2.05) is 48.5 Å². The van der Waals surface area contributed by atoms with Gasteiger partial charge in [-0.3, -0.25) is 9.78 Å². The summed E-state index contributed by atoms with van der Waals surface area (Å²) in [6.07, 6.45) is 2.80. The molecule has 0 fully saturated rings. The van der Waals surface area contributed by atoms with Crippen molar-refractivity contribution in [1.82, 2.24) is 10.3 Å². The van der Waals surface area contributed by atoms with Crippen molar-refractivity contribution in [3.63, 3.8) is 0 Å². The molecule has 1 aromatic heterocycles. The molecule has 1 amide bonds. The van der Waals surface area contributed by atoms with Crippen LogP contribution in [-0.2, 0) is 9.84 Å². The normalized spacial score (nSPS) is 12.4. The first kappa shape index (κ1) is 18.8. The number of aryl methyl sites for hydroxylation is 1. The Morgan fingerprint density at radius 2 is 1.70 bits per heavy atom. The summed E-state index contributed by atoms with van der Waals surface area (Å²) < 4.78 is 23.7. The number of amides is 1. The molecule has 1 N–H and O–H groups in total. The zero-order valence-corrected chi connectivity index (χ0v) is 15.9. The molecular formula is C21H20N2O3S. The van der Waals surface area contributed by atoms with Crippen LogP contribution in [0.3, 0.4) is 0 Å². The monoisotopic (exact) mass is 380 g/mol. The van der Waals surface area contributed by atoms with Gasteiger partial charge in [-0.25, -0.2) is 8.42 Å². The van der Waals surface area contributed by atoms with Gasteiger partial charge in [-0.2, -0.15) is 0 Å². The van der Waals surface area contributed by atoms with Crippen molar-refractivity contribution in [3.8, 4) is 0 Å². The third-order valence-electron chi connectivity index (χ3n) is 4.27. The Morgan fingerprint density at radius 1 is 1.00 bits per heavy atom. The zero-order valence-electron chi connectivity index (χ0n) is 15.1. The quantitative estimate of drug-likeness (QED) is 0.737. The van der Waals surface area contributed by atoms with Gasteiger partial charge in [0, 0.05) is 18.0 Å². The SMILES string of the molecule is Cc1ccc(S(C)(=O)=O)cc1C(=O)NC(c1ccccc1)c1ccccn1. The van der Waals surface area contributed by atoms with E-state index in [-0.39, 0.29) is 10.8 Å². The summed E-state index contributed by atoms with van der Waals surface area (Å²) in [5.74, 6) is -0.350. The average Bonchev–Trinajstić information content (AvgIpc) is 2.66. The lowest BCUT2D eigenvalue weighted by atomic mass is 10.0. The number of rotatable bonds is 5. The summed E-state index contributed by atoms with van der Waals surface area (Å²) in [7, 11) is -3.40. The van der Waals surface area contributed by atoms with E-state index < -0.39 is 15.9 Å². The molecule has 0 bridgehead atoms. The van der Waals surface area contributed by atoms with E-state index in [9.17, 15) is 13.2 Å². The Bertz CT molecular complexity index is 1010. The van der Waals surface area contributed by atoms with Crippen molar-refractivity contribution in [2.45, 2.75) is 17.9 Å². The number of aromatic nitrogens is 1. The number of nitrogens with one attached hydrogen (secondary N) is 1. The van der Waals surface area contributed by atoms with Crippen LogP contribution >= 0.6 is 0 Å². The molecule has 3 rings (SSSR count). The Kier molecular flexibility index (Phi) is 5.37. The van der Waals surface area contributed by atoms with Crippen LogP contribution in [0, 0.1) is 6.92 Å². The standard InChI is InChI=1S/C21H20N2O3S/c1-15-11-12-17(27(2,25)26)14-18(15)21(24)23-20(16-8-4-3-5-9-16)19-10-6-7-13-22-19/h3-14,20H,1-2H3,(H,23,24). The molecule has 1 heterocycles. The van der Waals surface area contributed by atoms with Gasteiger partial charge >= 0.3 is 0 Å². The van der Waals surface area contributed by atoms with Gasteiger partial charge in [0.25, 0.3) is 5.91 Å². The summed E-state index contributed by atoms with van der Waals surface area (Å²) in [6.45, 7) is 1.78. The van der Waals surface area contributed by atoms with Crippen LogP contribution in [0.25, 0.3) is 0 Å². The fourth-order valence-electron chi connectivity index (χ4n) is 2.81. The van der Waals surface area contributed by atoms with Crippen LogP contribution in [0.1, 0.15) is 33.2 Å². The fourth-order valence-corrected chi connectivity index (χ4v) is 3.45. The van der Waals surface area contributed by atoms with Gasteiger partial charge < -0.3 is 5.32 Å². The second-order valence-electron chi connectivity index (χ2n) is 6.32. The van der Waals surface area contributed by atoms with Crippen molar-refractivity contribution >= 4 is 15.7 Å². The minimum Gasteiger partial charge on any atom is -0.340 e. The fraction of sp³-hybridized carbons (Fsp3) is 0.143. The topological polar surface area (TPSA) is 76.1 Å². The Balaban J connectivity index is 1.99. The maximum Gasteiger partial charge on any atom is 0.252 e. The van der Waals surface area contributed by atoms with Gasteiger partial charge in [-0.15, -0.1) is 0 Å². The molecule has 6 heteroatoms. The molecule has 5 nitrogen and oxygen atoms in total. The maximum atomic E-state index is 13.0. The minimum atomic E-state index is -3.40. The Hall–Kier alpha value is -2.99. The number of benzene rings is 2. The second kappa shape index (κ2) is 7.72. The van der Waals surface area contributed by atoms with Crippen molar-refractivity contribution < 1.29 is 13.2 Å². The first-order chi connectivity index (χ1) is 12.9. The van der Waals surface area contributed by atoms with Crippen molar-refractivity contribution in [3.05, 3.63) is 95.3 Å². The molecule has 1 unspecified atom stereocenters. The number of hydrogen-bond donors (Lipinski definition) is 1. The molecule has 0 saturated carbocycles. The highest BCUT2D eigenvalue weighted by Crippen LogP contribution is 2.22. The summed E-state index contributed by atoms with van der Waals surface area (Å²) >= 11 is 0. The third-order valence-corrected chi connectivity index (χ3v) is 5.38. The van der Waals surface area contributed by atoms with Crippen LogP contribution in [0.15, 0.2) is 77.8 Å². The summed E-state index contributed by atoms with van der Waals surface area (Å²) in [5, 5.41) is 2.99. The molecule has 3 aromatic rings. The Labute approximate surface area is 159 Å². The number of hydrogen-bond acceptors (Lipinski definition) is 4. The molecule has 1 atom stereocenters. The summed E-state index contributed by atoms with van der Waals surface area (Å²) in [6, 6.07) is 19.2. The molecule has 2 aromatic carbocycles. The summed E-state index contributed by atoms with van der Waals surface area (Å²) in [4.78, 5) is 17.5. The first-order valence-electron chi connectivity index (χ1n) is 8.44. The molecular weight excluding hydrogens is 360 g/mol. The largest absolute Gasteiger partial charge is 0.340 e. The van der Waals surface area contributed by atoms with Gasteiger partial charge in [-0.05, 0) is 42.3 Å². The van der Waals surface area contributed by atoms with E-state index in [1.54, 1.807) is 19.2 Å². The van der Waals surface area contributed by atoms with Crippen LogP contribution in [0.5, 0.6) is 0 Å². The molecule has 0 saturated heterocycles. The van der Waals surface area contributed by atoms with Crippen LogP contribution in [0.2, 0.25) is 0 Å². The van der Waals surface area contributed by atoms with E-state index in [4.69, 9.17) is 0 Å². The average molecular weight is 380 g/mol. The predicted molar refractivity (Wildman–Crippen MR) is 104 cm³/mol. The number of carbonyl (C=O) groups is 1. The lowest BCUT2D eigenvalue weighted by molar-refractivity contribution is 0.0941. The molecule has 0 spiro atoms. The number of sulfone groups is 1. The van der Waals surface area contributed by atoms with Crippen LogP contribution in [0.4, 0.5) is 0 Å². The molecule has 0 aliphatic heterocycles. The highest BCUT2D eigenvalue weighted by molar-refractivity contribution is 7.90. The molecule has 27 heavy (non-hydrogen) atoms. The lowest BCUT2D eigenvalue weighted by Crippen LogP contribution is -2.30. The van der Waals surface area contributed by atoms with Crippen LogP contribution in [-0.4, -0.2) is 25.6 Å². The molecule has 0 radical (unpaired) electrons. The van der Waals surface area contributed by atoms with Crippen LogP contribution < -0.4 is 5.32 Å². The van der Waals surface area contributed by atoms with E-state index in [0.29, 0.717) is 16.8 Å². The van der Waals surface area contributed by atoms with E-state index in [0.717, 1.165) is 11.8 Å². The third kappa shape index (κ3) is 4.41. The van der Waals surface area contributed by atoms with E-state index >= 15 is 0 Å². The molecule has 138 valence electrons. The zero-order chi connectivity index (χ0) is 19.4. The second-order valence-corrected chi connectivity index (χ2v) is 8.34. The number of pyridine rings is 1. The van der Waals surface area contributed by atoms with Gasteiger partial charge in [0.15, 0.2) is 9.84 Å².